The number of aromatic nitrogens is 1. The topological polar surface area (TPSA) is 91.5 Å². The molecule has 0 bridgehead atoms. The molecular weight excluding hydrogens is 418 g/mol. The van der Waals surface area contributed by atoms with Crippen molar-refractivity contribution in [1.82, 2.24) is 15.2 Å². The zero-order valence-electron chi connectivity index (χ0n) is 19.2. The number of carbonyl (C=O) groups is 2. The van der Waals surface area contributed by atoms with E-state index in [1.54, 1.807) is 18.1 Å². The van der Waals surface area contributed by atoms with Crippen molar-refractivity contribution in [2.24, 2.45) is 5.92 Å². The summed E-state index contributed by atoms with van der Waals surface area (Å²) in [5.74, 6) is 0.195. The van der Waals surface area contributed by atoms with E-state index in [4.69, 9.17) is 4.74 Å². The number of fused-ring (bicyclic) bond motifs is 1. The molecule has 2 aromatic carbocycles. The van der Waals surface area contributed by atoms with Crippen LogP contribution < -0.4 is 15.6 Å². The van der Waals surface area contributed by atoms with Gasteiger partial charge in [-0.15, -0.1) is 0 Å². The second-order valence-electron chi connectivity index (χ2n) is 8.61. The molecule has 0 saturated carbocycles. The molecule has 1 fully saturated rings. The summed E-state index contributed by atoms with van der Waals surface area (Å²) in [6.45, 7) is 4.84. The maximum Gasteiger partial charge on any atom is 0.254 e. The van der Waals surface area contributed by atoms with Crippen molar-refractivity contribution in [2.45, 2.75) is 33.2 Å². The van der Waals surface area contributed by atoms with Crippen LogP contribution in [-0.2, 0) is 11.3 Å². The fourth-order valence-electron chi connectivity index (χ4n) is 4.60. The van der Waals surface area contributed by atoms with Crippen molar-refractivity contribution >= 4 is 22.6 Å². The summed E-state index contributed by atoms with van der Waals surface area (Å²) < 4.78 is 5.44. The molecule has 3 aromatic rings. The smallest absolute Gasteiger partial charge is 0.254 e. The van der Waals surface area contributed by atoms with Gasteiger partial charge in [0, 0.05) is 41.8 Å². The van der Waals surface area contributed by atoms with Crippen molar-refractivity contribution in [1.29, 1.82) is 0 Å². The molecule has 2 heterocycles. The molecule has 2 N–H and O–H groups in total. The lowest BCUT2D eigenvalue weighted by Gasteiger charge is -2.32. The third kappa shape index (κ3) is 4.62. The Kier molecular flexibility index (Phi) is 6.49. The number of ether oxygens (including phenoxy) is 1. The van der Waals surface area contributed by atoms with Gasteiger partial charge in [0.1, 0.15) is 5.75 Å². The highest BCUT2D eigenvalue weighted by Crippen LogP contribution is 2.30. The van der Waals surface area contributed by atoms with Crippen molar-refractivity contribution in [3.63, 3.8) is 0 Å². The average Bonchev–Trinajstić information content (AvgIpc) is 2.82. The minimum atomic E-state index is -0.308. The number of nitrogens with zero attached hydrogens (tertiary/aromatic N) is 1. The molecule has 0 spiro atoms. The van der Waals surface area contributed by atoms with Gasteiger partial charge in [-0.1, -0.05) is 24.3 Å². The van der Waals surface area contributed by atoms with Crippen LogP contribution in [0.1, 0.15) is 40.0 Å². The summed E-state index contributed by atoms with van der Waals surface area (Å²) in [5, 5.41) is 4.62. The van der Waals surface area contributed by atoms with Gasteiger partial charge >= 0.3 is 0 Å². The van der Waals surface area contributed by atoms with Crippen LogP contribution in [0.3, 0.4) is 0 Å². The van der Waals surface area contributed by atoms with E-state index in [9.17, 15) is 14.4 Å². The van der Waals surface area contributed by atoms with E-state index < -0.39 is 0 Å². The number of carbonyl (C=O) groups excluding carboxylic acids is 2. The van der Waals surface area contributed by atoms with Crippen LogP contribution in [0.15, 0.2) is 47.3 Å². The van der Waals surface area contributed by atoms with E-state index in [-0.39, 0.29) is 29.8 Å². The van der Waals surface area contributed by atoms with Gasteiger partial charge in [-0.3, -0.25) is 14.4 Å². The lowest BCUT2D eigenvalue weighted by Crippen LogP contribution is -2.45. The molecule has 172 valence electrons. The maximum absolute atomic E-state index is 13.4. The number of amides is 2. The predicted molar refractivity (Wildman–Crippen MR) is 128 cm³/mol. The summed E-state index contributed by atoms with van der Waals surface area (Å²) in [4.78, 5) is 43.0. The van der Waals surface area contributed by atoms with Crippen LogP contribution in [0.2, 0.25) is 0 Å². The second kappa shape index (κ2) is 9.48. The number of piperidine rings is 1. The molecule has 0 aliphatic carbocycles. The SMILES string of the molecule is COc1ccc(C(=O)N2CCC[C@H](C(=O)NCc3c(C)cc(C)[nH]c3=O)C2)c2ccccc12. The van der Waals surface area contributed by atoms with Gasteiger partial charge in [-0.25, -0.2) is 0 Å². The number of hydrogen-bond acceptors (Lipinski definition) is 4. The van der Waals surface area contributed by atoms with E-state index in [1.165, 1.54) is 0 Å². The highest BCUT2D eigenvalue weighted by Gasteiger charge is 2.29. The molecule has 1 atom stereocenters. The van der Waals surface area contributed by atoms with Gasteiger partial charge in [0.25, 0.3) is 11.5 Å². The second-order valence-corrected chi connectivity index (χ2v) is 8.61. The van der Waals surface area contributed by atoms with E-state index >= 15 is 0 Å². The highest BCUT2D eigenvalue weighted by atomic mass is 16.5. The quantitative estimate of drug-likeness (QED) is 0.628. The first-order valence-corrected chi connectivity index (χ1v) is 11.2. The van der Waals surface area contributed by atoms with Gasteiger partial charge in [-0.2, -0.15) is 0 Å². The number of H-pyrrole nitrogens is 1. The third-order valence-corrected chi connectivity index (χ3v) is 6.35. The average molecular weight is 448 g/mol. The molecule has 7 heteroatoms. The molecule has 4 rings (SSSR count). The first-order valence-electron chi connectivity index (χ1n) is 11.2. The standard InChI is InChI=1S/C26H29N3O4/c1-16-13-17(2)28-25(31)22(16)14-27-24(30)18-7-6-12-29(15-18)26(32)21-10-11-23(33-3)20-9-5-4-8-19(20)21/h4-5,8-11,13,18H,6-7,12,14-15H2,1-3H3,(H,27,30)(H,28,31)/t18-/m0/s1. The Morgan fingerprint density at radius 1 is 1.15 bits per heavy atom. The fourth-order valence-corrected chi connectivity index (χ4v) is 4.60. The van der Waals surface area contributed by atoms with Crippen LogP contribution in [-0.4, -0.2) is 41.9 Å². The molecule has 1 aliphatic rings. The molecule has 1 aliphatic heterocycles. The molecule has 0 unspecified atom stereocenters. The van der Waals surface area contributed by atoms with E-state index in [2.05, 4.69) is 10.3 Å². The summed E-state index contributed by atoms with van der Waals surface area (Å²) >= 11 is 0. The van der Waals surface area contributed by atoms with Gasteiger partial charge in [0.2, 0.25) is 5.91 Å². The molecule has 0 radical (unpaired) electrons. The molecule has 33 heavy (non-hydrogen) atoms. The van der Waals surface area contributed by atoms with E-state index in [0.717, 1.165) is 34.2 Å². The summed E-state index contributed by atoms with van der Waals surface area (Å²) in [5.41, 5.74) is 2.62. The van der Waals surface area contributed by atoms with Crippen LogP contribution >= 0.6 is 0 Å². The molecule has 7 nitrogen and oxygen atoms in total. The normalized spacial score (nSPS) is 16.0. The van der Waals surface area contributed by atoms with Crippen LogP contribution in [0, 0.1) is 19.8 Å². The van der Waals surface area contributed by atoms with Crippen LogP contribution in [0.5, 0.6) is 5.75 Å². The monoisotopic (exact) mass is 447 g/mol. The van der Waals surface area contributed by atoms with Gasteiger partial charge in [0.15, 0.2) is 0 Å². The van der Waals surface area contributed by atoms with Crippen molar-refractivity contribution in [2.75, 3.05) is 20.2 Å². The number of likely N-dealkylation sites (tertiary alicyclic amines) is 1. The minimum absolute atomic E-state index is 0.0859. The van der Waals surface area contributed by atoms with Gasteiger partial charge < -0.3 is 19.9 Å². The zero-order valence-corrected chi connectivity index (χ0v) is 19.2. The lowest BCUT2D eigenvalue weighted by atomic mass is 9.95. The minimum Gasteiger partial charge on any atom is -0.496 e. The zero-order chi connectivity index (χ0) is 23.5. The lowest BCUT2D eigenvalue weighted by molar-refractivity contribution is -0.126. The van der Waals surface area contributed by atoms with Crippen LogP contribution in [0.4, 0.5) is 0 Å². The molecule has 1 aromatic heterocycles. The number of benzene rings is 2. The van der Waals surface area contributed by atoms with Gasteiger partial charge in [-0.05, 0) is 55.8 Å². The fraction of sp³-hybridized carbons (Fsp3) is 0.346. The van der Waals surface area contributed by atoms with Crippen LogP contribution in [0.25, 0.3) is 10.8 Å². The number of pyridine rings is 1. The van der Waals surface area contributed by atoms with Gasteiger partial charge in [0.05, 0.1) is 13.0 Å². The number of aromatic amines is 1. The summed E-state index contributed by atoms with van der Waals surface area (Å²) in [7, 11) is 1.61. The maximum atomic E-state index is 13.4. The Bertz CT molecular complexity index is 1260. The molecular formula is C26H29N3O4. The largest absolute Gasteiger partial charge is 0.496 e. The number of methoxy groups -OCH3 is 1. The third-order valence-electron chi connectivity index (χ3n) is 6.35. The number of hydrogen-bond donors (Lipinski definition) is 2. The number of rotatable bonds is 5. The Morgan fingerprint density at radius 3 is 2.64 bits per heavy atom. The molecule has 1 saturated heterocycles. The summed E-state index contributed by atoms with van der Waals surface area (Å²) in [6.07, 6.45) is 1.46. The van der Waals surface area contributed by atoms with Crippen molar-refractivity contribution in [3.05, 3.63) is 75.2 Å². The van der Waals surface area contributed by atoms with Crippen molar-refractivity contribution < 1.29 is 14.3 Å². The highest BCUT2D eigenvalue weighted by molar-refractivity contribution is 6.08. The predicted octanol–water partition coefficient (Wildman–Crippen LogP) is 3.32. The number of nitrogens with one attached hydrogen (secondary N) is 2. The Balaban J connectivity index is 1.48. The molecule has 2 amide bonds. The Labute approximate surface area is 192 Å². The number of aryl methyl sites for hydroxylation is 2. The Morgan fingerprint density at radius 2 is 1.91 bits per heavy atom. The van der Waals surface area contributed by atoms with Crippen molar-refractivity contribution in [3.8, 4) is 5.75 Å². The van der Waals surface area contributed by atoms with E-state index in [1.807, 2.05) is 50.2 Å². The van der Waals surface area contributed by atoms with E-state index in [0.29, 0.717) is 30.6 Å². The summed E-state index contributed by atoms with van der Waals surface area (Å²) in [6, 6.07) is 13.2. The first kappa shape index (κ1) is 22.6. The first-order chi connectivity index (χ1) is 15.9. The Hall–Kier alpha value is -3.61.